The number of rotatable bonds is 3. The third kappa shape index (κ3) is 3.48. The third-order valence-electron chi connectivity index (χ3n) is 2.98. The van der Waals surface area contributed by atoms with E-state index in [0.29, 0.717) is 12.1 Å². The minimum atomic E-state index is -1.09. The molecule has 1 amide bonds. The number of carbonyl (C=O) groups is 1. The van der Waals surface area contributed by atoms with Gasteiger partial charge in [-0.25, -0.2) is 5.43 Å². The fraction of sp³-hybridized carbons (Fsp3) is 0.286. The summed E-state index contributed by atoms with van der Waals surface area (Å²) in [6.07, 6.45) is 0.581. The molecule has 1 aliphatic rings. The number of nitrogens with zero attached hydrogens (tertiary/aromatic N) is 5. The summed E-state index contributed by atoms with van der Waals surface area (Å²) < 4.78 is 0. The molecule has 0 spiro atoms. The van der Waals surface area contributed by atoms with E-state index in [4.69, 9.17) is 10.5 Å². The highest BCUT2D eigenvalue weighted by atomic mass is 16.2. The number of hydrazone groups is 1. The van der Waals surface area contributed by atoms with Crippen LogP contribution in [0.1, 0.15) is 18.9 Å². The van der Waals surface area contributed by atoms with E-state index in [-0.39, 0.29) is 11.8 Å². The molecule has 0 saturated heterocycles. The summed E-state index contributed by atoms with van der Waals surface area (Å²) in [6, 6.07) is 9.39. The maximum absolute atomic E-state index is 11.3. The van der Waals surface area contributed by atoms with Crippen molar-refractivity contribution in [2.45, 2.75) is 19.4 Å². The van der Waals surface area contributed by atoms with Gasteiger partial charge < -0.3 is 0 Å². The Bertz CT molecular complexity index is 663. The number of hydrogen-bond donors (Lipinski definition) is 1. The minimum absolute atomic E-state index is 0.0804. The van der Waals surface area contributed by atoms with Crippen LogP contribution >= 0.6 is 0 Å². The van der Waals surface area contributed by atoms with Crippen LogP contribution in [-0.4, -0.2) is 17.7 Å². The molecule has 0 fully saturated rings. The normalized spacial score (nSPS) is 18.0. The molecule has 0 radical (unpaired) electrons. The van der Waals surface area contributed by atoms with Crippen LogP contribution in [0, 0.1) is 28.6 Å². The van der Waals surface area contributed by atoms with Gasteiger partial charge in [0.1, 0.15) is 12.1 Å². The zero-order chi connectivity index (χ0) is 15.2. The van der Waals surface area contributed by atoms with Crippen molar-refractivity contribution in [2.24, 2.45) is 21.2 Å². The lowest BCUT2D eigenvalue weighted by molar-refractivity contribution is -0.124. The van der Waals surface area contributed by atoms with Crippen LogP contribution in [0.15, 0.2) is 39.6 Å². The van der Waals surface area contributed by atoms with Gasteiger partial charge in [-0.15, -0.1) is 0 Å². The van der Waals surface area contributed by atoms with E-state index in [1.165, 1.54) is 0 Å². The average molecular weight is 280 g/mol. The van der Waals surface area contributed by atoms with Gasteiger partial charge in [0.2, 0.25) is 11.9 Å². The van der Waals surface area contributed by atoms with Gasteiger partial charge in [0.05, 0.1) is 11.4 Å². The molecule has 1 heterocycles. The van der Waals surface area contributed by atoms with Crippen LogP contribution in [0.25, 0.3) is 0 Å². The third-order valence-corrected chi connectivity index (χ3v) is 2.98. The lowest BCUT2D eigenvalue weighted by Crippen LogP contribution is -2.33. The van der Waals surface area contributed by atoms with Crippen LogP contribution in [0.4, 0.5) is 5.69 Å². The lowest BCUT2D eigenvalue weighted by Gasteiger charge is -2.17. The molecule has 2 rings (SSSR count). The van der Waals surface area contributed by atoms with E-state index in [1.807, 2.05) is 19.1 Å². The Balaban J connectivity index is 2.12. The van der Waals surface area contributed by atoms with Gasteiger partial charge in [0, 0.05) is 12.3 Å². The maximum Gasteiger partial charge on any atom is 0.243 e. The Morgan fingerprint density at radius 1 is 1.33 bits per heavy atom. The second-order valence-electron chi connectivity index (χ2n) is 4.56. The maximum atomic E-state index is 11.3. The summed E-state index contributed by atoms with van der Waals surface area (Å²) in [5.41, 5.74) is 4.72. The largest absolute Gasteiger partial charge is 0.273 e. The number of nitriles is 2. The van der Waals surface area contributed by atoms with Crippen LogP contribution in [0.3, 0.4) is 0 Å². The highest BCUT2D eigenvalue weighted by Crippen LogP contribution is 2.19. The van der Waals surface area contributed by atoms with Crippen molar-refractivity contribution in [1.29, 1.82) is 10.5 Å². The fourth-order valence-electron chi connectivity index (χ4n) is 1.77. The molecule has 0 bridgehead atoms. The van der Waals surface area contributed by atoms with E-state index < -0.39 is 6.04 Å². The number of azo groups is 1. The van der Waals surface area contributed by atoms with Crippen molar-refractivity contribution < 1.29 is 4.79 Å². The molecule has 104 valence electrons. The molecule has 0 saturated carbocycles. The predicted octanol–water partition coefficient (Wildman–Crippen LogP) is 2.05. The molecule has 21 heavy (non-hydrogen) atoms. The molecular formula is C14H12N6O. The van der Waals surface area contributed by atoms with Crippen LogP contribution in [-0.2, 0) is 4.79 Å². The van der Waals surface area contributed by atoms with Crippen LogP contribution in [0.2, 0.25) is 0 Å². The highest BCUT2D eigenvalue weighted by Gasteiger charge is 2.21. The number of hydrogen-bond acceptors (Lipinski definition) is 6. The summed E-state index contributed by atoms with van der Waals surface area (Å²) in [5, 5.41) is 28.7. The minimum Gasteiger partial charge on any atom is -0.273 e. The summed E-state index contributed by atoms with van der Waals surface area (Å²) in [6.45, 7) is 1.84. The number of carbonyl (C=O) groups excluding carboxylic acids is 1. The first kappa shape index (κ1) is 14.4. The van der Waals surface area contributed by atoms with E-state index in [9.17, 15) is 4.79 Å². The number of benzene rings is 1. The quantitative estimate of drug-likeness (QED) is 0.854. The topological polar surface area (TPSA) is 114 Å². The molecule has 1 aromatic rings. The Hall–Kier alpha value is -3.06. The van der Waals surface area contributed by atoms with Crippen molar-refractivity contribution >= 4 is 17.3 Å². The van der Waals surface area contributed by atoms with Gasteiger partial charge in [-0.2, -0.15) is 25.9 Å². The number of amides is 1. The molecule has 0 aromatic heterocycles. The zero-order valence-electron chi connectivity index (χ0n) is 11.3. The first-order valence-corrected chi connectivity index (χ1v) is 6.31. The molecule has 1 N–H and O–H groups in total. The van der Waals surface area contributed by atoms with Crippen molar-refractivity contribution in [3.63, 3.8) is 0 Å². The fourth-order valence-corrected chi connectivity index (χ4v) is 1.77. The second-order valence-corrected chi connectivity index (χ2v) is 4.56. The molecule has 1 atom stereocenters. The van der Waals surface area contributed by atoms with Crippen molar-refractivity contribution in [2.75, 3.05) is 0 Å². The molecule has 1 unspecified atom stereocenters. The monoisotopic (exact) mass is 280 g/mol. The Morgan fingerprint density at radius 3 is 2.57 bits per heavy atom. The van der Waals surface area contributed by atoms with Gasteiger partial charge >= 0.3 is 0 Å². The predicted molar refractivity (Wildman–Crippen MR) is 74.4 cm³/mol. The first-order chi connectivity index (χ1) is 10.1. The SMILES string of the molecule is CC1CC(c2ccc(N=NC(C#N)C#N)cc2)=NNC1=O. The summed E-state index contributed by atoms with van der Waals surface area (Å²) in [5.74, 6) is -0.188. The van der Waals surface area contributed by atoms with Gasteiger partial charge in [-0.3, -0.25) is 4.79 Å². The smallest absolute Gasteiger partial charge is 0.243 e. The van der Waals surface area contributed by atoms with E-state index in [0.717, 1.165) is 11.3 Å². The van der Waals surface area contributed by atoms with Crippen molar-refractivity contribution in [3.05, 3.63) is 29.8 Å². The van der Waals surface area contributed by atoms with Crippen LogP contribution in [0.5, 0.6) is 0 Å². The molecular weight excluding hydrogens is 268 g/mol. The van der Waals surface area contributed by atoms with E-state index in [1.54, 1.807) is 24.3 Å². The summed E-state index contributed by atoms with van der Waals surface area (Å²) in [7, 11) is 0. The molecule has 0 aliphatic carbocycles. The lowest BCUT2D eigenvalue weighted by atomic mass is 9.97. The van der Waals surface area contributed by atoms with Gasteiger partial charge in [0.25, 0.3) is 0 Å². The zero-order valence-corrected chi connectivity index (χ0v) is 11.3. The van der Waals surface area contributed by atoms with Crippen molar-refractivity contribution in [3.8, 4) is 12.1 Å². The Morgan fingerprint density at radius 2 is 2.00 bits per heavy atom. The Labute approximate surface area is 121 Å². The van der Waals surface area contributed by atoms with Crippen LogP contribution < -0.4 is 5.43 Å². The summed E-state index contributed by atoms with van der Waals surface area (Å²) in [4.78, 5) is 11.3. The first-order valence-electron chi connectivity index (χ1n) is 6.31. The average Bonchev–Trinajstić information content (AvgIpc) is 2.52. The van der Waals surface area contributed by atoms with Gasteiger partial charge in [0.15, 0.2) is 0 Å². The van der Waals surface area contributed by atoms with Crippen molar-refractivity contribution in [1.82, 2.24) is 5.43 Å². The Kier molecular flexibility index (Phi) is 4.37. The van der Waals surface area contributed by atoms with Gasteiger partial charge in [-0.05, 0) is 17.7 Å². The second kappa shape index (κ2) is 6.40. The molecule has 1 aromatic carbocycles. The van der Waals surface area contributed by atoms with E-state index in [2.05, 4.69) is 20.8 Å². The standard InChI is InChI=1S/C14H12N6O/c1-9-6-13(19-20-14(9)21)10-2-4-11(5-3-10)17-18-12(7-15)8-16/h2-5,9,12H,6H2,1H3,(H,20,21). The molecule has 1 aliphatic heterocycles. The molecule has 7 heteroatoms. The molecule has 7 nitrogen and oxygen atoms in total. The van der Waals surface area contributed by atoms with Gasteiger partial charge in [-0.1, -0.05) is 19.1 Å². The highest BCUT2D eigenvalue weighted by molar-refractivity contribution is 6.04. The number of nitrogens with one attached hydrogen (secondary N) is 1. The van der Waals surface area contributed by atoms with E-state index >= 15 is 0 Å². The summed E-state index contributed by atoms with van der Waals surface area (Å²) >= 11 is 0.